The van der Waals surface area contributed by atoms with E-state index in [1.807, 2.05) is 69.3 Å². The summed E-state index contributed by atoms with van der Waals surface area (Å²) in [5, 5.41) is 7.96. The Hall–Kier alpha value is -3.22. The molecule has 0 fully saturated rings. The van der Waals surface area contributed by atoms with Crippen molar-refractivity contribution in [2.24, 2.45) is 0 Å². The number of carbonyl (C=O) groups is 1. The normalized spacial score (nSPS) is 11.8. The molecule has 0 aliphatic heterocycles. The fourth-order valence-corrected chi connectivity index (χ4v) is 4.70. The summed E-state index contributed by atoms with van der Waals surface area (Å²) in [6.07, 6.45) is 0. The fraction of sp³-hybridized carbons (Fsp3) is 0.160. The van der Waals surface area contributed by atoms with E-state index in [2.05, 4.69) is 26.7 Å². The van der Waals surface area contributed by atoms with Gasteiger partial charge in [0.1, 0.15) is 5.00 Å². The van der Waals surface area contributed by atoms with Crippen LogP contribution in [0.25, 0.3) is 0 Å². The van der Waals surface area contributed by atoms with Gasteiger partial charge in [0, 0.05) is 32.4 Å². The molecule has 1 amide bonds. The molecule has 32 heavy (non-hydrogen) atoms. The zero-order valence-electron chi connectivity index (χ0n) is 18.0. The molecule has 2 aromatic heterocycles. The average Bonchev–Trinajstić information content (AvgIpc) is 3.11. The van der Waals surface area contributed by atoms with Crippen molar-refractivity contribution < 1.29 is 4.79 Å². The molecular weight excluding hydrogens is 440 g/mol. The molecule has 1 atom stereocenters. The fourth-order valence-electron chi connectivity index (χ4n) is 3.56. The summed E-state index contributed by atoms with van der Waals surface area (Å²) in [5.41, 5.74) is 4.25. The van der Waals surface area contributed by atoms with E-state index in [4.69, 9.17) is 11.6 Å². The number of amides is 1. The summed E-state index contributed by atoms with van der Waals surface area (Å²) >= 11 is 7.85. The Kier molecular flexibility index (Phi) is 6.53. The van der Waals surface area contributed by atoms with E-state index in [9.17, 15) is 4.79 Å². The lowest BCUT2D eigenvalue weighted by Crippen LogP contribution is -2.18. The zero-order valence-corrected chi connectivity index (χ0v) is 19.6. The maximum Gasteiger partial charge on any atom is 0.256 e. The predicted octanol–water partition coefficient (Wildman–Crippen LogP) is 6.57. The van der Waals surface area contributed by atoms with Crippen molar-refractivity contribution in [1.29, 1.82) is 0 Å². The van der Waals surface area contributed by atoms with Crippen molar-refractivity contribution >= 4 is 39.8 Å². The number of anilines is 2. The van der Waals surface area contributed by atoms with Gasteiger partial charge in [0.05, 0.1) is 6.04 Å². The monoisotopic (exact) mass is 462 g/mol. The number of rotatable bonds is 6. The number of benzene rings is 2. The standard InChI is InChI=1S/C25H23ClN4OS/c1-15-12-16(2)28-25(27-15)29-22(19-10-7-11-20(26)14-19)21-13-17(3)32-24(21)30-23(31)18-8-5-4-6-9-18/h4-14,22H,1-3H3,(H,30,31)(H,27,28,29)/t22-/m0/s1. The summed E-state index contributed by atoms with van der Waals surface area (Å²) in [4.78, 5) is 23.1. The van der Waals surface area contributed by atoms with Gasteiger partial charge in [-0.3, -0.25) is 4.79 Å². The van der Waals surface area contributed by atoms with Gasteiger partial charge in [-0.15, -0.1) is 11.3 Å². The summed E-state index contributed by atoms with van der Waals surface area (Å²) in [6.45, 7) is 5.90. The summed E-state index contributed by atoms with van der Waals surface area (Å²) in [6, 6.07) is 20.6. The van der Waals surface area contributed by atoms with Crippen molar-refractivity contribution in [3.8, 4) is 0 Å². The number of carbonyl (C=O) groups excluding carboxylic acids is 1. The van der Waals surface area contributed by atoms with E-state index in [1.165, 1.54) is 11.3 Å². The van der Waals surface area contributed by atoms with Gasteiger partial charge in [0.2, 0.25) is 5.95 Å². The first kappa shape index (κ1) is 22.0. The highest BCUT2D eigenvalue weighted by molar-refractivity contribution is 7.16. The van der Waals surface area contributed by atoms with Crippen LogP contribution < -0.4 is 10.6 Å². The molecule has 0 bridgehead atoms. The lowest BCUT2D eigenvalue weighted by atomic mass is 10.00. The Labute approximate surface area is 196 Å². The molecule has 2 N–H and O–H groups in total. The van der Waals surface area contributed by atoms with Crippen LogP contribution in [0.4, 0.5) is 10.9 Å². The van der Waals surface area contributed by atoms with Gasteiger partial charge < -0.3 is 10.6 Å². The minimum atomic E-state index is -0.300. The molecule has 0 aliphatic rings. The maximum absolute atomic E-state index is 12.9. The predicted molar refractivity (Wildman–Crippen MR) is 132 cm³/mol. The number of hydrogen-bond donors (Lipinski definition) is 2. The quantitative estimate of drug-likeness (QED) is 0.340. The third-order valence-corrected chi connectivity index (χ3v) is 6.11. The Balaban J connectivity index is 1.75. The lowest BCUT2D eigenvalue weighted by molar-refractivity contribution is 0.102. The number of hydrogen-bond acceptors (Lipinski definition) is 5. The van der Waals surface area contributed by atoms with Gasteiger partial charge in [0.25, 0.3) is 5.91 Å². The number of aromatic nitrogens is 2. The van der Waals surface area contributed by atoms with Crippen LogP contribution in [0.5, 0.6) is 0 Å². The van der Waals surface area contributed by atoms with Crippen LogP contribution in [0.2, 0.25) is 5.02 Å². The molecule has 4 rings (SSSR count). The first-order valence-electron chi connectivity index (χ1n) is 10.2. The van der Waals surface area contributed by atoms with Gasteiger partial charge in [0.15, 0.2) is 0 Å². The molecule has 0 aliphatic carbocycles. The van der Waals surface area contributed by atoms with E-state index in [0.29, 0.717) is 16.5 Å². The topological polar surface area (TPSA) is 66.9 Å². The van der Waals surface area contributed by atoms with Crippen molar-refractivity contribution in [3.05, 3.63) is 105 Å². The average molecular weight is 463 g/mol. The summed E-state index contributed by atoms with van der Waals surface area (Å²) in [7, 11) is 0. The minimum absolute atomic E-state index is 0.152. The highest BCUT2D eigenvalue weighted by Crippen LogP contribution is 2.38. The van der Waals surface area contributed by atoms with Gasteiger partial charge in [-0.2, -0.15) is 0 Å². The van der Waals surface area contributed by atoms with E-state index in [1.54, 1.807) is 12.1 Å². The van der Waals surface area contributed by atoms with E-state index < -0.39 is 0 Å². The van der Waals surface area contributed by atoms with Gasteiger partial charge in [-0.25, -0.2) is 9.97 Å². The molecule has 0 saturated heterocycles. The van der Waals surface area contributed by atoms with Crippen LogP contribution in [0.3, 0.4) is 0 Å². The molecule has 162 valence electrons. The lowest BCUT2D eigenvalue weighted by Gasteiger charge is -2.21. The Morgan fingerprint density at radius 3 is 2.34 bits per heavy atom. The number of halogens is 1. The molecule has 5 nitrogen and oxygen atoms in total. The van der Waals surface area contributed by atoms with Crippen molar-refractivity contribution in [3.63, 3.8) is 0 Å². The highest BCUT2D eigenvalue weighted by atomic mass is 35.5. The molecule has 0 radical (unpaired) electrons. The third-order valence-electron chi connectivity index (χ3n) is 4.90. The second-order valence-corrected chi connectivity index (χ2v) is 9.26. The maximum atomic E-state index is 12.9. The zero-order chi connectivity index (χ0) is 22.7. The van der Waals surface area contributed by atoms with Crippen LogP contribution in [-0.4, -0.2) is 15.9 Å². The smallest absolute Gasteiger partial charge is 0.256 e. The van der Waals surface area contributed by atoms with Crippen LogP contribution in [0.15, 0.2) is 66.7 Å². The summed E-state index contributed by atoms with van der Waals surface area (Å²) in [5.74, 6) is 0.373. The third kappa shape index (κ3) is 5.15. The second-order valence-electron chi connectivity index (χ2n) is 7.57. The van der Waals surface area contributed by atoms with Crippen LogP contribution in [-0.2, 0) is 0 Å². The van der Waals surface area contributed by atoms with E-state index in [0.717, 1.165) is 32.4 Å². The van der Waals surface area contributed by atoms with E-state index >= 15 is 0 Å². The van der Waals surface area contributed by atoms with Gasteiger partial charge in [-0.1, -0.05) is 41.9 Å². The van der Waals surface area contributed by atoms with Crippen molar-refractivity contribution in [2.45, 2.75) is 26.8 Å². The molecule has 4 aromatic rings. The van der Waals surface area contributed by atoms with Crippen molar-refractivity contribution in [2.75, 3.05) is 10.6 Å². The van der Waals surface area contributed by atoms with Crippen LogP contribution >= 0.6 is 22.9 Å². The minimum Gasteiger partial charge on any atom is -0.343 e. The molecule has 2 aromatic carbocycles. The molecule has 2 heterocycles. The van der Waals surface area contributed by atoms with Crippen LogP contribution in [0.1, 0.15) is 43.8 Å². The Morgan fingerprint density at radius 2 is 1.66 bits per heavy atom. The molecule has 0 spiro atoms. The number of nitrogens with zero attached hydrogens (tertiary/aromatic N) is 2. The largest absolute Gasteiger partial charge is 0.343 e. The number of aryl methyl sites for hydroxylation is 3. The van der Waals surface area contributed by atoms with Gasteiger partial charge >= 0.3 is 0 Å². The Bertz CT molecular complexity index is 1240. The molecule has 0 unspecified atom stereocenters. The molecule has 0 saturated carbocycles. The number of nitrogens with one attached hydrogen (secondary N) is 2. The number of thiophene rings is 1. The molecule has 7 heteroatoms. The first-order valence-corrected chi connectivity index (χ1v) is 11.4. The Morgan fingerprint density at radius 1 is 0.938 bits per heavy atom. The van der Waals surface area contributed by atoms with Crippen LogP contribution in [0, 0.1) is 20.8 Å². The SMILES string of the molecule is Cc1cc(C)nc(N[C@@H](c2cccc(Cl)c2)c2cc(C)sc2NC(=O)c2ccccc2)n1. The molecular formula is C25H23ClN4OS. The first-order chi connectivity index (χ1) is 15.4. The van der Waals surface area contributed by atoms with Gasteiger partial charge in [-0.05, 0) is 62.7 Å². The van der Waals surface area contributed by atoms with Crippen molar-refractivity contribution in [1.82, 2.24) is 9.97 Å². The second kappa shape index (κ2) is 9.51. The summed E-state index contributed by atoms with van der Waals surface area (Å²) < 4.78 is 0. The highest BCUT2D eigenvalue weighted by Gasteiger charge is 2.23. The van der Waals surface area contributed by atoms with E-state index in [-0.39, 0.29) is 11.9 Å².